The van der Waals surface area contributed by atoms with Gasteiger partial charge in [-0.25, -0.2) is 4.39 Å². The van der Waals surface area contributed by atoms with Crippen LogP contribution in [-0.4, -0.2) is 69.4 Å². The van der Waals surface area contributed by atoms with Gasteiger partial charge in [0.25, 0.3) is 0 Å². The topological polar surface area (TPSA) is 84.2 Å². The largest absolute Gasteiger partial charge is 0.395 e. The third-order valence-corrected chi connectivity index (χ3v) is 4.21. The van der Waals surface area contributed by atoms with E-state index < -0.39 is 30.2 Å². The van der Waals surface area contributed by atoms with Gasteiger partial charge in [0.05, 0.1) is 23.8 Å². The van der Waals surface area contributed by atoms with Crippen LogP contribution in [0.4, 0.5) is 4.39 Å². The summed E-state index contributed by atoms with van der Waals surface area (Å²) in [5.41, 5.74) is 0.425. The van der Waals surface area contributed by atoms with Crippen molar-refractivity contribution in [3.05, 3.63) is 34.6 Å². The van der Waals surface area contributed by atoms with E-state index in [1.54, 1.807) is 17.0 Å². The van der Waals surface area contributed by atoms with Gasteiger partial charge in [0, 0.05) is 13.1 Å². The molecule has 1 aromatic rings. The predicted molar refractivity (Wildman–Crippen MR) is 75.6 cm³/mol. The molecular formula is C14H19ClFNO4. The molecule has 21 heavy (non-hydrogen) atoms. The fourth-order valence-electron chi connectivity index (χ4n) is 2.64. The maximum Gasteiger partial charge on any atom is 0.145 e. The zero-order valence-electron chi connectivity index (χ0n) is 11.4. The van der Waals surface area contributed by atoms with E-state index in [-0.39, 0.29) is 18.2 Å². The van der Waals surface area contributed by atoms with Crippen molar-refractivity contribution in [2.75, 3.05) is 19.7 Å². The van der Waals surface area contributed by atoms with Crippen molar-refractivity contribution >= 4 is 11.6 Å². The van der Waals surface area contributed by atoms with Crippen LogP contribution in [-0.2, 0) is 6.42 Å². The van der Waals surface area contributed by atoms with Crippen LogP contribution in [0.15, 0.2) is 18.2 Å². The van der Waals surface area contributed by atoms with Crippen LogP contribution in [0.5, 0.6) is 0 Å². The minimum Gasteiger partial charge on any atom is -0.395 e. The number of likely N-dealkylation sites (tertiary alicyclic amines) is 1. The molecule has 0 unspecified atom stereocenters. The molecule has 1 aliphatic rings. The molecule has 7 heteroatoms. The van der Waals surface area contributed by atoms with Gasteiger partial charge in [-0.3, -0.25) is 4.90 Å². The first-order chi connectivity index (χ1) is 9.95. The van der Waals surface area contributed by atoms with Crippen molar-refractivity contribution in [3.8, 4) is 0 Å². The second kappa shape index (κ2) is 7.00. The Morgan fingerprint density at radius 3 is 2.62 bits per heavy atom. The van der Waals surface area contributed by atoms with Crippen molar-refractivity contribution in [3.63, 3.8) is 0 Å². The Bertz CT molecular complexity index is 490. The minimum absolute atomic E-state index is 0.0420. The Morgan fingerprint density at radius 1 is 1.24 bits per heavy atom. The number of β-amino-alcohol motifs (C(OH)–C–C–N with tert-alkyl or cyclic N) is 1. The van der Waals surface area contributed by atoms with Crippen molar-refractivity contribution in [1.29, 1.82) is 0 Å². The smallest absolute Gasteiger partial charge is 0.145 e. The molecule has 1 fully saturated rings. The van der Waals surface area contributed by atoms with Gasteiger partial charge in [-0.05, 0) is 18.1 Å². The number of rotatable bonds is 4. The van der Waals surface area contributed by atoms with Crippen molar-refractivity contribution < 1.29 is 24.8 Å². The standard InChI is InChI=1S/C14H19ClFNO4/c15-9-3-1-2-8(12(9)16)4-5-17-6-11(19)14(21)13(20)10(17)7-18/h1-3,10-11,13-14,18-21H,4-7H2/t10-,11+,13-,14-/m1/s1. The maximum atomic E-state index is 13.8. The van der Waals surface area contributed by atoms with Gasteiger partial charge in [-0.1, -0.05) is 23.7 Å². The number of hydrogen-bond donors (Lipinski definition) is 4. The summed E-state index contributed by atoms with van der Waals surface area (Å²) in [6, 6.07) is 4.03. The molecule has 2 rings (SSSR count). The maximum absolute atomic E-state index is 13.8. The summed E-state index contributed by atoms with van der Waals surface area (Å²) >= 11 is 5.72. The Hall–Kier alpha value is -0.760. The summed E-state index contributed by atoms with van der Waals surface area (Å²) in [7, 11) is 0. The molecule has 0 radical (unpaired) electrons. The number of hydrogen-bond acceptors (Lipinski definition) is 5. The second-order valence-corrected chi connectivity index (χ2v) is 5.66. The quantitative estimate of drug-likeness (QED) is 0.617. The van der Waals surface area contributed by atoms with Gasteiger partial charge < -0.3 is 20.4 Å². The summed E-state index contributed by atoms with van der Waals surface area (Å²) in [5, 5.41) is 38.6. The number of benzene rings is 1. The van der Waals surface area contributed by atoms with Gasteiger partial charge >= 0.3 is 0 Å². The van der Waals surface area contributed by atoms with Crippen LogP contribution in [0, 0.1) is 5.82 Å². The number of aliphatic hydroxyl groups excluding tert-OH is 4. The number of piperidine rings is 1. The van der Waals surface area contributed by atoms with Crippen LogP contribution >= 0.6 is 11.6 Å². The summed E-state index contributed by atoms with van der Waals surface area (Å²) in [6.07, 6.45) is -3.32. The lowest BCUT2D eigenvalue weighted by Crippen LogP contribution is -2.62. The van der Waals surface area contributed by atoms with Crippen LogP contribution in [0.1, 0.15) is 5.56 Å². The SMILES string of the molecule is OC[C@@H]1[C@@H](O)[C@H](O)[C@@H](O)CN1CCc1cccc(Cl)c1F. The van der Waals surface area contributed by atoms with Crippen LogP contribution in [0.3, 0.4) is 0 Å². The van der Waals surface area contributed by atoms with E-state index >= 15 is 0 Å². The molecule has 1 aliphatic heterocycles. The Kier molecular flexibility index (Phi) is 5.54. The van der Waals surface area contributed by atoms with Crippen molar-refractivity contribution in [1.82, 2.24) is 4.90 Å². The summed E-state index contributed by atoms with van der Waals surface area (Å²) in [5.74, 6) is -0.488. The first kappa shape index (κ1) is 16.6. The normalized spacial score (nSPS) is 30.6. The van der Waals surface area contributed by atoms with Crippen molar-refractivity contribution in [2.24, 2.45) is 0 Å². The van der Waals surface area contributed by atoms with E-state index in [9.17, 15) is 24.8 Å². The molecule has 5 nitrogen and oxygen atoms in total. The highest BCUT2D eigenvalue weighted by Crippen LogP contribution is 2.22. The number of nitrogens with zero attached hydrogens (tertiary/aromatic N) is 1. The van der Waals surface area contributed by atoms with Crippen LogP contribution < -0.4 is 0 Å². The average molecular weight is 320 g/mol. The molecule has 0 amide bonds. The molecule has 0 aromatic heterocycles. The summed E-state index contributed by atoms with van der Waals surface area (Å²) in [4.78, 5) is 1.64. The molecule has 1 heterocycles. The average Bonchev–Trinajstić information content (AvgIpc) is 2.46. The molecule has 0 spiro atoms. The molecule has 1 saturated heterocycles. The molecule has 0 saturated carbocycles. The van der Waals surface area contributed by atoms with E-state index in [0.717, 1.165) is 0 Å². The lowest BCUT2D eigenvalue weighted by molar-refractivity contribution is -0.144. The van der Waals surface area contributed by atoms with Crippen molar-refractivity contribution in [2.45, 2.75) is 30.8 Å². The fourth-order valence-corrected chi connectivity index (χ4v) is 2.84. The molecule has 0 aliphatic carbocycles. The minimum atomic E-state index is -1.29. The van der Waals surface area contributed by atoms with E-state index in [1.165, 1.54) is 6.07 Å². The Labute approximate surface area is 127 Å². The van der Waals surface area contributed by atoms with Gasteiger partial charge in [0.1, 0.15) is 18.0 Å². The highest BCUT2D eigenvalue weighted by molar-refractivity contribution is 6.30. The van der Waals surface area contributed by atoms with E-state index in [1.807, 2.05) is 0 Å². The molecule has 1 aromatic carbocycles. The van der Waals surface area contributed by atoms with Gasteiger partial charge in [-0.15, -0.1) is 0 Å². The van der Waals surface area contributed by atoms with E-state index in [2.05, 4.69) is 0 Å². The highest BCUT2D eigenvalue weighted by Gasteiger charge is 2.40. The van der Waals surface area contributed by atoms with Gasteiger partial charge in [-0.2, -0.15) is 0 Å². The number of halogens is 2. The van der Waals surface area contributed by atoms with Crippen LogP contribution in [0.25, 0.3) is 0 Å². The van der Waals surface area contributed by atoms with E-state index in [0.29, 0.717) is 18.5 Å². The third-order valence-electron chi connectivity index (χ3n) is 3.92. The second-order valence-electron chi connectivity index (χ2n) is 5.26. The third kappa shape index (κ3) is 3.53. The highest BCUT2D eigenvalue weighted by atomic mass is 35.5. The number of aliphatic hydroxyl groups is 4. The lowest BCUT2D eigenvalue weighted by Gasteiger charge is -2.43. The Balaban J connectivity index is 2.06. The first-order valence-corrected chi connectivity index (χ1v) is 7.15. The summed E-state index contributed by atoms with van der Waals surface area (Å²) < 4.78 is 13.8. The summed E-state index contributed by atoms with van der Waals surface area (Å²) in [6.45, 7) is 0.0674. The fraction of sp³-hybridized carbons (Fsp3) is 0.571. The lowest BCUT2D eigenvalue weighted by atomic mass is 9.94. The predicted octanol–water partition coefficient (Wildman–Crippen LogP) is -0.219. The zero-order valence-corrected chi connectivity index (χ0v) is 12.1. The molecule has 0 bridgehead atoms. The molecule has 118 valence electrons. The van der Waals surface area contributed by atoms with Gasteiger partial charge in [0.15, 0.2) is 0 Å². The molecular weight excluding hydrogens is 301 g/mol. The van der Waals surface area contributed by atoms with E-state index in [4.69, 9.17) is 11.6 Å². The van der Waals surface area contributed by atoms with Crippen LogP contribution in [0.2, 0.25) is 5.02 Å². The molecule has 4 atom stereocenters. The Morgan fingerprint density at radius 2 is 1.95 bits per heavy atom. The zero-order chi connectivity index (χ0) is 15.6. The first-order valence-electron chi connectivity index (χ1n) is 6.77. The monoisotopic (exact) mass is 319 g/mol. The molecule has 4 N–H and O–H groups in total. The van der Waals surface area contributed by atoms with Gasteiger partial charge in [0.2, 0.25) is 0 Å².